The minimum Gasteiger partial charge on any atom is -0.350 e. The number of hydrogen-bond donors (Lipinski definition) is 1. The summed E-state index contributed by atoms with van der Waals surface area (Å²) in [4.78, 5) is 6.22. The van der Waals surface area contributed by atoms with Crippen molar-refractivity contribution >= 4 is 34.5 Å². The fourth-order valence-electron chi connectivity index (χ4n) is 5.82. The van der Waals surface area contributed by atoms with Gasteiger partial charge in [-0.05, 0) is 50.7 Å². The number of nitrogens with zero attached hydrogens (tertiary/aromatic N) is 2. The van der Waals surface area contributed by atoms with E-state index in [9.17, 15) is 0 Å². The van der Waals surface area contributed by atoms with E-state index in [0.29, 0.717) is 0 Å². The lowest BCUT2D eigenvalue weighted by Gasteiger charge is -2.43. The zero-order valence-corrected chi connectivity index (χ0v) is 17.8. The zero-order chi connectivity index (χ0) is 18.0. The van der Waals surface area contributed by atoms with Crippen LogP contribution in [0.3, 0.4) is 0 Å². The lowest BCUT2D eigenvalue weighted by Crippen LogP contribution is -2.52. The van der Waals surface area contributed by atoms with Gasteiger partial charge in [-0.15, -0.1) is 0 Å². The summed E-state index contributed by atoms with van der Waals surface area (Å²) in [6.45, 7) is 0.932. The van der Waals surface area contributed by atoms with Crippen LogP contribution in [-0.4, -0.2) is 44.2 Å². The SMILES string of the molecule is S=C1NC2(CCCCC2)C(=S)N1CN(C1CCCCC1)C1CCCCC1. The summed E-state index contributed by atoms with van der Waals surface area (Å²) in [6, 6.07) is 1.47. The van der Waals surface area contributed by atoms with Crippen LogP contribution in [0.1, 0.15) is 96.3 Å². The van der Waals surface area contributed by atoms with Gasteiger partial charge in [0.1, 0.15) is 4.99 Å². The number of thiocarbonyl (C=S) groups is 2. The molecule has 146 valence electrons. The fraction of sp³-hybridized carbons (Fsp3) is 0.905. The van der Waals surface area contributed by atoms with Crippen LogP contribution in [0.25, 0.3) is 0 Å². The molecule has 1 aliphatic heterocycles. The van der Waals surface area contributed by atoms with Crippen molar-refractivity contribution in [3.05, 3.63) is 0 Å². The Balaban J connectivity index is 1.50. The van der Waals surface area contributed by atoms with Crippen LogP contribution < -0.4 is 5.32 Å². The van der Waals surface area contributed by atoms with Gasteiger partial charge in [0.05, 0.1) is 12.2 Å². The molecule has 0 amide bonds. The Morgan fingerprint density at radius 1 is 0.808 bits per heavy atom. The van der Waals surface area contributed by atoms with Crippen LogP contribution in [0.2, 0.25) is 0 Å². The van der Waals surface area contributed by atoms with E-state index >= 15 is 0 Å². The summed E-state index contributed by atoms with van der Waals surface area (Å²) < 4.78 is 0. The predicted molar refractivity (Wildman–Crippen MR) is 116 cm³/mol. The normalized spacial score (nSPS) is 28.1. The summed E-state index contributed by atoms with van der Waals surface area (Å²) in [5.74, 6) is 0. The van der Waals surface area contributed by atoms with E-state index in [0.717, 1.165) is 41.7 Å². The summed E-state index contributed by atoms with van der Waals surface area (Å²) in [5.41, 5.74) is -0.00450. The smallest absolute Gasteiger partial charge is 0.175 e. The van der Waals surface area contributed by atoms with Crippen molar-refractivity contribution in [3.63, 3.8) is 0 Å². The molecule has 3 nitrogen and oxygen atoms in total. The van der Waals surface area contributed by atoms with Gasteiger partial charge in [-0.2, -0.15) is 0 Å². The van der Waals surface area contributed by atoms with E-state index in [-0.39, 0.29) is 5.54 Å². The summed E-state index contributed by atoms with van der Waals surface area (Å²) in [6.07, 6.45) is 20.1. The van der Waals surface area contributed by atoms with Gasteiger partial charge < -0.3 is 5.32 Å². The maximum atomic E-state index is 6.02. The number of hydrogen-bond acceptors (Lipinski definition) is 3. The van der Waals surface area contributed by atoms with Crippen molar-refractivity contribution in [2.45, 2.75) is 114 Å². The highest BCUT2D eigenvalue weighted by Gasteiger charge is 2.47. The number of rotatable bonds is 4. The Morgan fingerprint density at radius 2 is 1.31 bits per heavy atom. The Hall–Kier alpha value is -0.260. The summed E-state index contributed by atoms with van der Waals surface area (Å²) in [7, 11) is 0. The van der Waals surface area contributed by atoms with Crippen LogP contribution in [0, 0.1) is 0 Å². The first-order chi connectivity index (χ1) is 12.7. The molecule has 3 saturated carbocycles. The molecule has 0 bridgehead atoms. The molecule has 4 rings (SSSR count). The van der Waals surface area contributed by atoms with E-state index in [4.69, 9.17) is 24.4 Å². The van der Waals surface area contributed by atoms with Crippen LogP contribution in [0.15, 0.2) is 0 Å². The van der Waals surface area contributed by atoms with E-state index in [1.807, 2.05) is 0 Å². The second-order valence-corrected chi connectivity index (χ2v) is 9.82. The maximum absolute atomic E-state index is 6.02. The molecule has 0 atom stereocenters. The van der Waals surface area contributed by atoms with Crippen molar-refractivity contribution in [2.75, 3.05) is 6.67 Å². The Bertz CT molecular complexity index is 499. The standard InChI is InChI=1S/C21H35N3S2/c25-19-21(14-8-3-9-15-21)22-20(26)24(19)16-23(17-10-4-1-5-11-17)18-12-6-2-7-13-18/h17-18H,1-16H2,(H,22,26). The molecular weight excluding hydrogens is 358 g/mol. The van der Waals surface area contributed by atoms with Crippen molar-refractivity contribution in [1.82, 2.24) is 15.1 Å². The Kier molecular flexibility index (Phi) is 6.16. The first-order valence-electron chi connectivity index (χ1n) is 11.1. The van der Waals surface area contributed by atoms with E-state index < -0.39 is 0 Å². The van der Waals surface area contributed by atoms with Gasteiger partial charge >= 0.3 is 0 Å². The minimum absolute atomic E-state index is 0.00450. The van der Waals surface area contributed by atoms with Gasteiger partial charge in [0.15, 0.2) is 5.11 Å². The maximum Gasteiger partial charge on any atom is 0.175 e. The lowest BCUT2D eigenvalue weighted by molar-refractivity contribution is 0.0600. The zero-order valence-electron chi connectivity index (χ0n) is 16.2. The average molecular weight is 394 g/mol. The molecule has 3 aliphatic carbocycles. The van der Waals surface area contributed by atoms with Gasteiger partial charge in [0.25, 0.3) is 0 Å². The third-order valence-corrected chi connectivity index (χ3v) is 8.28. The van der Waals surface area contributed by atoms with Gasteiger partial charge in [0, 0.05) is 12.1 Å². The van der Waals surface area contributed by atoms with Gasteiger partial charge in [0.2, 0.25) is 0 Å². The first-order valence-corrected chi connectivity index (χ1v) is 11.9. The molecule has 0 radical (unpaired) electrons. The molecular formula is C21H35N3S2. The molecule has 0 unspecified atom stereocenters. The molecule has 1 saturated heterocycles. The second kappa shape index (κ2) is 8.40. The first kappa shape index (κ1) is 19.1. The van der Waals surface area contributed by atoms with E-state index in [1.54, 1.807) is 0 Å². The Labute approximate surface area is 170 Å². The predicted octanol–water partition coefficient (Wildman–Crippen LogP) is 5.13. The highest BCUT2D eigenvalue weighted by atomic mass is 32.1. The van der Waals surface area contributed by atoms with Crippen molar-refractivity contribution in [3.8, 4) is 0 Å². The van der Waals surface area contributed by atoms with E-state index in [2.05, 4.69) is 15.1 Å². The topological polar surface area (TPSA) is 18.5 Å². The molecule has 26 heavy (non-hydrogen) atoms. The van der Waals surface area contributed by atoms with Crippen LogP contribution in [-0.2, 0) is 0 Å². The second-order valence-electron chi connectivity index (χ2n) is 9.05. The average Bonchev–Trinajstić information content (AvgIpc) is 2.91. The molecule has 5 heteroatoms. The molecule has 0 aromatic rings. The minimum atomic E-state index is -0.00450. The molecule has 4 aliphatic rings. The molecule has 1 N–H and O–H groups in total. The van der Waals surface area contributed by atoms with Gasteiger partial charge in [-0.1, -0.05) is 70.0 Å². The highest BCUT2D eigenvalue weighted by Crippen LogP contribution is 2.36. The molecule has 0 aromatic carbocycles. The molecule has 1 spiro atoms. The third kappa shape index (κ3) is 3.81. The summed E-state index contributed by atoms with van der Waals surface area (Å²) >= 11 is 11.8. The number of nitrogens with one attached hydrogen (secondary N) is 1. The summed E-state index contributed by atoms with van der Waals surface area (Å²) in [5, 5.41) is 4.57. The van der Waals surface area contributed by atoms with Crippen molar-refractivity contribution < 1.29 is 0 Å². The lowest BCUT2D eigenvalue weighted by atomic mass is 9.82. The molecule has 4 fully saturated rings. The van der Waals surface area contributed by atoms with Crippen LogP contribution in [0.5, 0.6) is 0 Å². The third-order valence-electron chi connectivity index (χ3n) is 7.35. The largest absolute Gasteiger partial charge is 0.350 e. The van der Waals surface area contributed by atoms with Gasteiger partial charge in [-0.3, -0.25) is 9.80 Å². The Morgan fingerprint density at radius 3 is 1.85 bits per heavy atom. The monoisotopic (exact) mass is 393 g/mol. The van der Waals surface area contributed by atoms with Crippen molar-refractivity contribution in [2.24, 2.45) is 0 Å². The van der Waals surface area contributed by atoms with Gasteiger partial charge in [-0.25, -0.2) is 0 Å². The van der Waals surface area contributed by atoms with Crippen LogP contribution in [0.4, 0.5) is 0 Å². The van der Waals surface area contributed by atoms with E-state index in [1.165, 1.54) is 83.5 Å². The molecule has 1 heterocycles. The van der Waals surface area contributed by atoms with Crippen LogP contribution >= 0.6 is 24.4 Å². The fourth-order valence-corrected chi connectivity index (χ4v) is 6.62. The highest BCUT2D eigenvalue weighted by molar-refractivity contribution is 7.82. The van der Waals surface area contributed by atoms with Crippen molar-refractivity contribution in [1.29, 1.82) is 0 Å². The molecule has 0 aromatic heterocycles. The quantitative estimate of drug-likeness (QED) is 0.665.